The topological polar surface area (TPSA) is 102 Å². The van der Waals surface area contributed by atoms with Crippen LogP contribution in [0.25, 0.3) is 0 Å². The van der Waals surface area contributed by atoms with E-state index in [0.29, 0.717) is 18.5 Å². The summed E-state index contributed by atoms with van der Waals surface area (Å²) < 4.78 is 0. The van der Waals surface area contributed by atoms with Gasteiger partial charge >= 0.3 is 5.97 Å². The van der Waals surface area contributed by atoms with Crippen molar-refractivity contribution in [2.75, 3.05) is 44.2 Å². The van der Waals surface area contributed by atoms with Crippen LogP contribution in [0.15, 0.2) is 18.2 Å². The molecular formula is C18H24N4O4. The number of carboxylic acid groups (broad SMARTS) is 1. The molecule has 2 aliphatic heterocycles. The number of nitrogens with zero attached hydrogens (tertiary/aromatic N) is 2. The molecular weight excluding hydrogens is 336 g/mol. The number of hydrogen-bond acceptors (Lipinski definition) is 5. The molecule has 2 amide bonds. The second kappa shape index (κ2) is 7.74. The summed E-state index contributed by atoms with van der Waals surface area (Å²) in [5, 5.41) is 14.6. The Balaban J connectivity index is 1.70. The van der Waals surface area contributed by atoms with Gasteiger partial charge in [-0.3, -0.25) is 14.4 Å². The van der Waals surface area contributed by atoms with Gasteiger partial charge in [-0.1, -0.05) is 6.07 Å². The largest absolute Gasteiger partial charge is 0.480 e. The molecule has 0 aromatic heterocycles. The van der Waals surface area contributed by atoms with Crippen LogP contribution in [0, 0.1) is 0 Å². The molecule has 0 radical (unpaired) electrons. The molecule has 0 bridgehead atoms. The average molecular weight is 360 g/mol. The van der Waals surface area contributed by atoms with Gasteiger partial charge in [-0.15, -0.1) is 0 Å². The van der Waals surface area contributed by atoms with Gasteiger partial charge < -0.3 is 25.5 Å². The number of nitrogens with one attached hydrogen (secondary N) is 2. The number of rotatable bonds is 5. The molecule has 0 saturated carbocycles. The highest BCUT2D eigenvalue weighted by Gasteiger charge is 2.27. The van der Waals surface area contributed by atoms with Gasteiger partial charge in [0.2, 0.25) is 5.91 Å². The van der Waals surface area contributed by atoms with Crippen LogP contribution in [0.5, 0.6) is 0 Å². The fourth-order valence-corrected chi connectivity index (χ4v) is 3.30. The lowest BCUT2D eigenvalue weighted by molar-refractivity contribution is -0.141. The van der Waals surface area contributed by atoms with Gasteiger partial charge in [-0.25, -0.2) is 0 Å². The van der Waals surface area contributed by atoms with Crippen molar-refractivity contribution in [3.8, 4) is 0 Å². The minimum atomic E-state index is -1.10. The molecule has 2 heterocycles. The summed E-state index contributed by atoms with van der Waals surface area (Å²) >= 11 is 0. The molecule has 1 atom stereocenters. The van der Waals surface area contributed by atoms with Crippen LogP contribution in [0.4, 0.5) is 5.69 Å². The smallest absolute Gasteiger partial charge is 0.325 e. The number of hydrogen-bond donors (Lipinski definition) is 3. The molecule has 2 aliphatic rings. The quantitative estimate of drug-likeness (QED) is 0.665. The second-order valence-electron chi connectivity index (χ2n) is 6.68. The van der Waals surface area contributed by atoms with Crippen molar-refractivity contribution in [3.05, 3.63) is 29.3 Å². The Morgan fingerprint density at radius 2 is 2.00 bits per heavy atom. The van der Waals surface area contributed by atoms with E-state index in [1.54, 1.807) is 0 Å². The molecule has 8 heteroatoms. The van der Waals surface area contributed by atoms with E-state index in [-0.39, 0.29) is 12.5 Å². The van der Waals surface area contributed by atoms with Crippen molar-refractivity contribution in [1.82, 2.24) is 15.5 Å². The summed E-state index contributed by atoms with van der Waals surface area (Å²) in [6.45, 7) is 5.34. The van der Waals surface area contributed by atoms with E-state index >= 15 is 0 Å². The number of benzene rings is 1. The first-order valence-electron chi connectivity index (χ1n) is 8.86. The molecule has 0 aliphatic carbocycles. The third-order valence-electron chi connectivity index (χ3n) is 4.83. The standard InChI is InChI=1S/C18H24N4O4/c1-12(18(25)26)20-16(23)11-22-7-4-13-2-3-14(10-15(13)17(22)24)21-8-5-19-6-9-21/h2-3,10,12,19H,4-9,11H2,1H3,(H,20,23)(H,25,26)/t12-/m0/s1. The number of carbonyl (C=O) groups excluding carboxylic acids is 2. The monoisotopic (exact) mass is 360 g/mol. The number of aliphatic carboxylic acids is 1. The number of piperazine rings is 1. The van der Waals surface area contributed by atoms with Crippen molar-refractivity contribution >= 4 is 23.5 Å². The summed E-state index contributed by atoms with van der Waals surface area (Å²) in [4.78, 5) is 39.4. The first-order valence-corrected chi connectivity index (χ1v) is 8.86. The van der Waals surface area contributed by atoms with Crippen molar-refractivity contribution < 1.29 is 19.5 Å². The van der Waals surface area contributed by atoms with E-state index in [0.717, 1.165) is 37.4 Å². The predicted molar refractivity (Wildman–Crippen MR) is 96.4 cm³/mol. The van der Waals surface area contributed by atoms with Crippen LogP contribution in [-0.2, 0) is 16.0 Å². The van der Waals surface area contributed by atoms with E-state index in [2.05, 4.69) is 15.5 Å². The lowest BCUT2D eigenvalue weighted by atomic mass is 9.97. The Hall–Kier alpha value is -2.61. The van der Waals surface area contributed by atoms with Crippen molar-refractivity contribution in [2.45, 2.75) is 19.4 Å². The van der Waals surface area contributed by atoms with Gasteiger partial charge in [0.25, 0.3) is 5.91 Å². The maximum atomic E-state index is 12.8. The Labute approximate surface area is 152 Å². The van der Waals surface area contributed by atoms with Crippen molar-refractivity contribution in [1.29, 1.82) is 0 Å². The van der Waals surface area contributed by atoms with E-state index in [1.165, 1.54) is 11.8 Å². The average Bonchev–Trinajstić information content (AvgIpc) is 2.64. The number of carbonyl (C=O) groups is 3. The van der Waals surface area contributed by atoms with Crippen LogP contribution in [0.2, 0.25) is 0 Å². The molecule has 26 heavy (non-hydrogen) atoms. The zero-order valence-corrected chi connectivity index (χ0v) is 14.8. The molecule has 1 saturated heterocycles. The highest BCUT2D eigenvalue weighted by atomic mass is 16.4. The fraction of sp³-hybridized carbons (Fsp3) is 0.500. The van der Waals surface area contributed by atoms with Crippen LogP contribution in [-0.4, -0.2) is 73.1 Å². The number of anilines is 1. The van der Waals surface area contributed by atoms with E-state index in [4.69, 9.17) is 5.11 Å². The summed E-state index contributed by atoms with van der Waals surface area (Å²) in [6.07, 6.45) is 0.685. The first kappa shape index (κ1) is 18.2. The zero-order valence-electron chi connectivity index (χ0n) is 14.8. The Morgan fingerprint density at radius 1 is 1.27 bits per heavy atom. The fourth-order valence-electron chi connectivity index (χ4n) is 3.30. The van der Waals surface area contributed by atoms with Gasteiger partial charge in [0, 0.05) is 44.0 Å². The Morgan fingerprint density at radius 3 is 2.69 bits per heavy atom. The van der Waals surface area contributed by atoms with E-state index in [1.807, 2.05) is 18.2 Å². The van der Waals surface area contributed by atoms with E-state index in [9.17, 15) is 14.4 Å². The summed E-state index contributed by atoms with van der Waals surface area (Å²) in [6, 6.07) is 4.98. The minimum absolute atomic E-state index is 0.131. The third kappa shape index (κ3) is 3.96. The lowest BCUT2D eigenvalue weighted by Crippen LogP contribution is -2.47. The lowest BCUT2D eigenvalue weighted by Gasteiger charge is -2.32. The maximum absolute atomic E-state index is 12.8. The van der Waals surface area contributed by atoms with Gasteiger partial charge in [-0.05, 0) is 31.0 Å². The highest BCUT2D eigenvalue weighted by Crippen LogP contribution is 2.25. The van der Waals surface area contributed by atoms with Crippen LogP contribution < -0.4 is 15.5 Å². The van der Waals surface area contributed by atoms with Crippen molar-refractivity contribution in [2.24, 2.45) is 0 Å². The first-order chi connectivity index (χ1) is 12.5. The number of fused-ring (bicyclic) bond motifs is 1. The summed E-state index contributed by atoms with van der Waals surface area (Å²) in [5.41, 5.74) is 2.64. The van der Waals surface area contributed by atoms with Crippen molar-refractivity contribution in [3.63, 3.8) is 0 Å². The summed E-state index contributed by atoms with van der Waals surface area (Å²) in [7, 11) is 0. The molecule has 0 spiro atoms. The Bertz CT molecular complexity index is 715. The van der Waals surface area contributed by atoms with E-state index < -0.39 is 17.9 Å². The maximum Gasteiger partial charge on any atom is 0.325 e. The number of amides is 2. The number of carboxylic acids is 1. The molecule has 1 aromatic carbocycles. The molecule has 3 N–H and O–H groups in total. The SMILES string of the molecule is C[C@H](NC(=O)CN1CCc2ccc(N3CCNCC3)cc2C1=O)C(=O)O. The van der Waals surface area contributed by atoms with Gasteiger partial charge in [0.05, 0.1) is 6.54 Å². The summed E-state index contributed by atoms with van der Waals surface area (Å²) in [5.74, 6) is -1.74. The second-order valence-corrected chi connectivity index (χ2v) is 6.68. The van der Waals surface area contributed by atoms with Crippen LogP contribution >= 0.6 is 0 Å². The molecule has 1 aromatic rings. The zero-order chi connectivity index (χ0) is 18.7. The molecule has 3 rings (SSSR count). The minimum Gasteiger partial charge on any atom is -0.480 e. The third-order valence-corrected chi connectivity index (χ3v) is 4.83. The molecule has 0 unspecified atom stereocenters. The van der Waals surface area contributed by atoms with Gasteiger partial charge in [0.15, 0.2) is 0 Å². The molecule has 1 fully saturated rings. The predicted octanol–water partition coefficient (Wildman–Crippen LogP) is -0.316. The molecule has 8 nitrogen and oxygen atoms in total. The van der Waals surface area contributed by atoms with Gasteiger partial charge in [-0.2, -0.15) is 0 Å². The highest BCUT2D eigenvalue weighted by molar-refractivity contribution is 5.99. The normalized spacial score (nSPS) is 18.3. The van der Waals surface area contributed by atoms with Crippen LogP contribution in [0.1, 0.15) is 22.8 Å². The molecule has 140 valence electrons. The van der Waals surface area contributed by atoms with Crippen LogP contribution in [0.3, 0.4) is 0 Å². The van der Waals surface area contributed by atoms with Gasteiger partial charge in [0.1, 0.15) is 6.04 Å². The Kier molecular flexibility index (Phi) is 5.41.